The van der Waals surface area contributed by atoms with Crippen LogP contribution < -0.4 is 16.4 Å². The maximum atomic E-state index is 11.7. The van der Waals surface area contributed by atoms with Crippen molar-refractivity contribution in [2.75, 3.05) is 16.4 Å². The van der Waals surface area contributed by atoms with Gasteiger partial charge in [0.1, 0.15) is 11.6 Å². The third-order valence-corrected chi connectivity index (χ3v) is 6.09. The topological polar surface area (TPSA) is 110 Å². The van der Waals surface area contributed by atoms with E-state index in [2.05, 4.69) is 53.3 Å². The van der Waals surface area contributed by atoms with Gasteiger partial charge in [-0.15, -0.1) is 0 Å². The molecular formula is C28H27N7O. The summed E-state index contributed by atoms with van der Waals surface area (Å²) in [6.45, 7) is 8.27. The molecule has 5 aromatic rings. The molecule has 5 rings (SSSR count). The molecule has 0 saturated heterocycles. The molecule has 0 saturated carbocycles. The molecule has 0 aliphatic heterocycles. The van der Waals surface area contributed by atoms with Crippen molar-refractivity contribution in [1.82, 2.24) is 19.6 Å². The van der Waals surface area contributed by atoms with Crippen molar-refractivity contribution in [3.8, 4) is 11.3 Å². The highest BCUT2D eigenvalue weighted by Gasteiger charge is 2.15. The summed E-state index contributed by atoms with van der Waals surface area (Å²) < 4.78 is 1.80. The second kappa shape index (κ2) is 9.50. The Morgan fingerprint density at radius 2 is 2.00 bits per heavy atom. The van der Waals surface area contributed by atoms with Crippen molar-refractivity contribution in [1.29, 1.82) is 0 Å². The van der Waals surface area contributed by atoms with E-state index in [4.69, 9.17) is 10.7 Å². The van der Waals surface area contributed by atoms with Gasteiger partial charge >= 0.3 is 0 Å². The first-order valence-corrected chi connectivity index (χ1v) is 11.7. The third kappa shape index (κ3) is 4.36. The predicted octanol–water partition coefficient (Wildman–Crippen LogP) is 5.39. The molecule has 8 nitrogen and oxygen atoms in total. The van der Waals surface area contributed by atoms with E-state index in [1.54, 1.807) is 16.8 Å². The fraction of sp³-hybridized carbons (Fsp3) is 0.143. The van der Waals surface area contributed by atoms with Crippen LogP contribution in [-0.2, 0) is 11.3 Å². The van der Waals surface area contributed by atoms with Crippen LogP contribution in [0.1, 0.15) is 30.9 Å². The Labute approximate surface area is 208 Å². The summed E-state index contributed by atoms with van der Waals surface area (Å²) >= 11 is 0. The van der Waals surface area contributed by atoms with Crippen molar-refractivity contribution < 1.29 is 4.79 Å². The molecule has 180 valence electrons. The van der Waals surface area contributed by atoms with Gasteiger partial charge in [0.2, 0.25) is 5.91 Å². The second-order valence-corrected chi connectivity index (χ2v) is 8.86. The zero-order valence-electron chi connectivity index (χ0n) is 20.2. The van der Waals surface area contributed by atoms with E-state index in [0.29, 0.717) is 18.1 Å². The highest BCUT2D eigenvalue weighted by atomic mass is 16.1. The van der Waals surface area contributed by atoms with Gasteiger partial charge in [-0.25, -0.2) is 4.98 Å². The number of pyridine rings is 1. The van der Waals surface area contributed by atoms with Crippen LogP contribution in [-0.4, -0.2) is 25.5 Å². The van der Waals surface area contributed by atoms with E-state index in [1.165, 1.54) is 6.08 Å². The molecule has 8 heteroatoms. The average Bonchev–Trinajstić information content (AvgIpc) is 3.31. The average molecular weight is 478 g/mol. The fourth-order valence-corrected chi connectivity index (χ4v) is 4.29. The van der Waals surface area contributed by atoms with Crippen LogP contribution in [0.2, 0.25) is 0 Å². The third-order valence-electron chi connectivity index (χ3n) is 6.09. The Kier molecular flexibility index (Phi) is 6.08. The maximum absolute atomic E-state index is 11.7. The van der Waals surface area contributed by atoms with E-state index >= 15 is 0 Å². The van der Waals surface area contributed by atoms with Gasteiger partial charge in [-0.3, -0.25) is 9.78 Å². The standard InChI is InChI=1S/C28H27N7O/c1-4-26(36)33-20-9-10-22-18(13-20)11-12-30-27(22)21-8-6-5-7-19(21)15-31-25-14-24(29)34-28-23(17(2)3)16-32-35(25)28/h4-14,16-17,31H,1,15H2,2-3H3,(H2,29,34)(H,33,36). The van der Waals surface area contributed by atoms with Crippen LogP contribution in [0.15, 0.2) is 79.6 Å². The van der Waals surface area contributed by atoms with Crippen molar-refractivity contribution >= 4 is 39.6 Å². The molecule has 4 N–H and O–H groups in total. The Morgan fingerprint density at radius 1 is 1.17 bits per heavy atom. The number of nitrogens with one attached hydrogen (secondary N) is 2. The van der Waals surface area contributed by atoms with Crippen molar-refractivity contribution in [3.63, 3.8) is 0 Å². The van der Waals surface area contributed by atoms with E-state index in [-0.39, 0.29) is 11.8 Å². The molecule has 0 spiro atoms. The first kappa shape index (κ1) is 23.0. The summed E-state index contributed by atoms with van der Waals surface area (Å²) in [5.74, 6) is 1.25. The van der Waals surface area contributed by atoms with Gasteiger partial charge in [0.15, 0.2) is 5.65 Å². The lowest BCUT2D eigenvalue weighted by atomic mass is 9.99. The molecule has 0 bridgehead atoms. The lowest BCUT2D eigenvalue weighted by molar-refractivity contribution is -0.111. The van der Waals surface area contributed by atoms with Crippen molar-refractivity contribution in [2.45, 2.75) is 26.3 Å². The molecule has 0 aliphatic rings. The summed E-state index contributed by atoms with van der Waals surface area (Å²) in [6, 6.07) is 17.7. The molecule has 0 fully saturated rings. The van der Waals surface area contributed by atoms with Crippen LogP contribution in [0.25, 0.3) is 27.7 Å². The highest BCUT2D eigenvalue weighted by Crippen LogP contribution is 2.31. The monoisotopic (exact) mass is 477 g/mol. The zero-order valence-corrected chi connectivity index (χ0v) is 20.2. The van der Waals surface area contributed by atoms with E-state index < -0.39 is 0 Å². The number of amides is 1. The summed E-state index contributed by atoms with van der Waals surface area (Å²) in [5, 5.41) is 12.8. The second-order valence-electron chi connectivity index (χ2n) is 8.86. The minimum absolute atomic E-state index is 0.247. The number of carbonyl (C=O) groups is 1. The molecule has 3 aromatic heterocycles. The maximum Gasteiger partial charge on any atom is 0.247 e. The molecule has 0 aliphatic carbocycles. The van der Waals surface area contributed by atoms with Gasteiger partial charge in [0.05, 0.1) is 11.9 Å². The fourth-order valence-electron chi connectivity index (χ4n) is 4.29. The number of hydrogen-bond acceptors (Lipinski definition) is 6. The molecule has 0 unspecified atom stereocenters. The lowest BCUT2D eigenvalue weighted by Crippen LogP contribution is -2.09. The van der Waals surface area contributed by atoms with Crippen LogP contribution in [0.5, 0.6) is 0 Å². The quantitative estimate of drug-likeness (QED) is 0.271. The Bertz CT molecular complexity index is 1600. The number of fused-ring (bicyclic) bond motifs is 2. The van der Waals surface area contributed by atoms with Crippen LogP contribution in [0.4, 0.5) is 17.3 Å². The molecule has 0 radical (unpaired) electrons. The number of hydrogen-bond donors (Lipinski definition) is 3. The Hall–Kier alpha value is -4.72. The highest BCUT2D eigenvalue weighted by molar-refractivity contribution is 6.02. The van der Waals surface area contributed by atoms with Gasteiger partial charge in [0, 0.05) is 41.0 Å². The van der Waals surface area contributed by atoms with Crippen LogP contribution in [0.3, 0.4) is 0 Å². The number of nitrogen functional groups attached to an aromatic ring is 1. The van der Waals surface area contributed by atoms with Gasteiger partial charge in [-0.05, 0) is 41.1 Å². The van der Waals surface area contributed by atoms with Gasteiger partial charge < -0.3 is 16.4 Å². The summed E-state index contributed by atoms with van der Waals surface area (Å²) in [6.07, 6.45) is 4.88. The number of aromatic nitrogens is 4. The first-order valence-electron chi connectivity index (χ1n) is 11.7. The van der Waals surface area contributed by atoms with Gasteiger partial charge in [0.25, 0.3) is 0 Å². The zero-order chi connectivity index (χ0) is 25.2. The number of nitrogens with zero attached hydrogens (tertiary/aromatic N) is 4. The lowest BCUT2D eigenvalue weighted by Gasteiger charge is -2.14. The normalized spacial score (nSPS) is 11.2. The number of rotatable bonds is 7. The van der Waals surface area contributed by atoms with E-state index in [1.807, 2.05) is 42.6 Å². The van der Waals surface area contributed by atoms with Crippen molar-refractivity contribution in [2.24, 2.45) is 0 Å². The molecular weight excluding hydrogens is 450 g/mol. The van der Waals surface area contributed by atoms with Gasteiger partial charge in [-0.1, -0.05) is 50.8 Å². The number of anilines is 3. The summed E-state index contributed by atoms with van der Waals surface area (Å²) in [4.78, 5) is 20.9. The minimum Gasteiger partial charge on any atom is -0.384 e. The number of carbonyl (C=O) groups excluding carboxylic acids is 1. The Balaban J connectivity index is 1.49. The summed E-state index contributed by atoms with van der Waals surface area (Å²) in [5.41, 5.74) is 11.6. The smallest absolute Gasteiger partial charge is 0.247 e. The Morgan fingerprint density at radius 3 is 2.81 bits per heavy atom. The van der Waals surface area contributed by atoms with Gasteiger partial charge in [-0.2, -0.15) is 9.61 Å². The molecule has 0 atom stereocenters. The largest absolute Gasteiger partial charge is 0.384 e. The van der Waals surface area contributed by atoms with Crippen LogP contribution in [0, 0.1) is 0 Å². The number of nitrogens with two attached hydrogens (primary N) is 1. The van der Waals surface area contributed by atoms with Crippen molar-refractivity contribution in [3.05, 3.63) is 90.8 Å². The van der Waals surface area contributed by atoms with Crippen LogP contribution >= 0.6 is 0 Å². The predicted molar refractivity (Wildman–Crippen MR) is 145 cm³/mol. The minimum atomic E-state index is -0.247. The van der Waals surface area contributed by atoms with E-state index in [0.717, 1.165) is 44.6 Å². The molecule has 3 heterocycles. The number of benzene rings is 2. The van der Waals surface area contributed by atoms with E-state index in [9.17, 15) is 4.79 Å². The summed E-state index contributed by atoms with van der Waals surface area (Å²) in [7, 11) is 0. The molecule has 2 aromatic carbocycles. The SMILES string of the molecule is C=CC(=O)Nc1ccc2c(-c3ccccc3CNc3cc(N)nc4c(C(C)C)cnn34)nccc2c1. The molecule has 36 heavy (non-hydrogen) atoms. The molecule has 1 amide bonds. The first-order chi connectivity index (χ1) is 17.4.